The lowest BCUT2D eigenvalue weighted by molar-refractivity contribution is 0.168. The molecule has 0 radical (unpaired) electrons. The van der Waals surface area contributed by atoms with Crippen molar-refractivity contribution in [1.29, 1.82) is 0 Å². The molecule has 0 spiro atoms. The summed E-state index contributed by atoms with van der Waals surface area (Å²) in [5, 5.41) is 16.7. The number of benzene rings is 2. The molecular weight excluding hydrogens is 388 g/mol. The molecule has 0 aliphatic carbocycles. The van der Waals surface area contributed by atoms with Gasteiger partial charge in [-0.25, -0.2) is 18.1 Å². The van der Waals surface area contributed by atoms with Crippen molar-refractivity contribution in [1.82, 2.24) is 15.4 Å². The second-order valence-corrected chi connectivity index (χ2v) is 8.55. The van der Waals surface area contributed by atoms with Gasteiger partial charge in [-0.1, -0.05) is 54.6 Å². The number of hydrogen-bond acceptors (Lipinski definition) is 4. The van der Waals surface area contributed by atoms with E-state index in [9.17, 15) is 13.5 Å². The normalized spacial score (nSPS) is 13.1. The number of nitrogens with zero attached hydrogens (tertiary/aromatic N) is 1. The summed E-state index contributed by atoms with van der Waals surface area (Å²) in [5.41, 5.74) is 2.54. The predicted molar refractivity (Wildman–Crippen MR) is 117 cm³/mol. The molecule has 4 N–H and O–H groups in total. The zero-order chi connectivity index (χ0) is 21.1. The van der Waals surface area contributed by atoms with Crippen LogP contribution in [0, 0.1) is 0 Å². The van der Waals surface area contributed by atoms with Crippen LogP contribution in [0.2, 0.25) is 0 Å². The molecule has 0 saturated heterocycles. The first-order valence-corrected chi connectivity index (χ1v) is 11.3. The average Bonchev–Trinajstić information content (AvgIpc) is 2.72. The molecule has 0 heterocycles. The van der Waals surface area contributed by atoms with E-state index in [0.29, 0.717) is 32.0 Å². The zero-order valence-corrected chi connectivity index (χ0v) is 17.7. The summed E-state index contributed by atoms with van der Waals surface area (Å²) in [4.78, 5) is 4.56. The number of guanidine groups is 1. The molecule has 2 rings (SSSR count). The Morgan fingerprint density at radius 3 is 2.48 bits per heavy atom. The molecule has 2 aromatic rings. The fourth-order valence-corrected chi connectivity index (χ4v) is 3.55. The van der Waals surface area contributed by atoms with Gasteiger partial charge >= 0.3 is 0 Å². The summed E-state index contributed by atoms with van der Waals surface area (Å²) >= 11 is 0. The van der Waals surface area contributed by atoms with Crippen LogP contribution < -0.4 is 15.4 Å². The van der Waals surface area contributed by atoms with E-state index in [1.165, 1.54) is 7.05 Å². The van der Waals surface area contributed by atoms with Crippen molar-refractivity contribution in [3.05, 3.63) is 71.3 Å². The number of rotatable bonds is 10. The molecule has 0 aliphatic rings. The smallest absolute Gasteiger partial charge is 0.215 e. The maximum atomic E-state index is 11.7. The molecule has 0 aromatic heterocycles. The van der Waals surface area contributed by atoms with E-state index in [4.69, 9.17) is 0 Å². The van der Waals surface area contributed by atoms with Crippen molar-refractivity contribution >= 4 is 16.0 Å². The first-order valence-electron chi connectivity index (χ1n) is 9.67. The number of nitrogens with one attached hydrogen (secondary N) is 3. The topological polar surface area (TPSA) is 103 Å². The second kappa shape index (κ2) is 11.5. The molecule has 7 nitrogen and oxygen atoms in total. The van der Waals surface area contributed by atoms with Crippen molar-refractivity contribution in [3.8, 4) is 0 Å². The molecule has 0 amide bonds. The first kappa shape index (κ1) is 22.9. The monoisotopic (exact) mass is 418 g/mol. The highest BCUT2D eigenvalue weighted by molar-refractivity contribution is 7.88. The molecule has 0 fully saturated rings. The third kappa shape index (κ3) is 8.23. The number of aliphatic hydroxyl groups excluding tert-OH is 1. The van der Waals surface area contributed by atoms with Crippen LogP contribution in [-0.2, 0) is 22.3 Å². The summed E-state index contributed by atoms with van der Waals surface area (Å²) in [7, 11) is -1.90. The van der Waals surface area contributed by atoms with Gasteiger partial charge in [0.1, 0.15) is 0 Å². The van der Waals surface area contributed by atoms with Gasteiger partial charge in [-0.2, -0.15) is 0 Å². The molecule has 29 heavy (non-hydrogen) atoms. The maximum absolute atomic E-state index is 11.7. The van der Waals surface area contributed by atoms with E-state index >= 15 is 0 Å². The standard InChI is InChI=1S/C21H30N4O3S/c1-3-23-21(24-13-12-20(26)19-10-5-4-6-11-19)25-15-17-8-7-9-18(14-17)16-29(27,28)22-2/h4-11,14,20,22,26H,3,12-13,15-16H2,1-2H3,(H2,23,24,25). The number of aliphatic imine (C=N–C) groups is 1. The molecule has 1 unspecified atom stereocenters. The fourth-order valence-electron chi connectivity index (χ4n) is 2.79. The molecule has 0 saturated carbocycles. The van der Waals surface area contributed by atoms with Crippen LogP contribution in [0.5, 0.6) is 0 Å². The van der Waals surface area contributed by atoms with Crippen LogP contribution in [-0.4, -0.2) is 39.6 Å². The maximum Gasteiger partial charge on any atom is 0.215 e. The van der Waals surface area contributed by atoms with E-state index in [-0.39, 0.29) is 5.75 Å². The van der Waals surface area contributed by atoms with E-state index in [1.54, 1.807) is 6.07 Å². The lowest BCUT2D eigenvalue weighted by Gasteiger charge is -2.14. The van der Waals surface area contributed by atoms with Crippen LogP contribution in [0.4, 0.5) is 0 Å². The largest absolute Gasteiger partial charge is 0.388 e. The van der Waals surface area contributed by atoms with Crippen LogP contribution in [0.3, 0.4) is 0 Å². The minimum atomic E-state index is -3.31. The van der Waals surface area contributed by atoms with Gasteiger partial charge in [0.05, 0.1) is 18.4 Å². The van der Waals surface area contributed by atoms with E-state index in [2.05, 4.69) is 20.3 Å². The van der Waals surface area contributed by atoms with Gasteiger partial charge in [-0.3, -0.25) is 0 Å². The minimum Gasteiger partial charge on any atom is -0.388 e. The lowest BCUT2D eigenvalue weighted by atomic mass is 10.1. The van der Waals surface area contributed by atoms with Crippen LogP contribution in [0.25, 0.3) is 0 Å². The van der Waals surface area contributed by atoms with Gasteiger partial charge in [-0.15, -0.1) is 0 Å². The van der Waals surface area contributed by atoms with Crippen molar-refractivity contribution in [3.63, 3.8) is 0 Å². The van der Waals surface area contributed by atoms with Crippen molar-refractivity contribution < 1.29 is 13.5 Å². The Morgan fingerprint density at radius 1 is 1.07 bits per heavy atom. The van der Waals surface area contributed by atoms with Crippen molar-refractivity contribution in [2.24, 2.45) is 4.99 Å². The molecule has 0 aliphatic heterocycles. The van der Waals surface area contributed by atoms with Crippen LogP contribution in [0.1, 0.15) is 36.1 Å². The van der Waals surface area contributed by atoms with Gasteiger partial charge in [0, 0.05) is 13.1 Å². The third-order valence-electron chi connectivity index (χ3n) is 4.32. The van der Waals surface area contributed by atoms with Gasteiger partial charge in [0.2, 0.25) is 10.0 Å². The lowest BCUT2D eigenvalue weighted by Crippen LogP contribution is -2.38. The summed E-state index contributed by atoms with van der Waals surface area (Å²) in [5.74, 6) is 0.595. The van der Waals surface area contributed by atoms with Crippen LogP contribution >= 0.6 is 0 Å². The average molecular weight is 419 g/mol. The van der Waals surface area contributed by atoms with Gasteiger partial charge in [0.15, 0.2) is 5.96 Å². The fraction of sp³-hybridized carbons (Fsp3) is 0.381. The minimum absolute atomic E-state index is 0.0588. The van der Waals surface area contributed by atoms with Gasteiger partial charge in [0.25, 0.3) is 0 Å². The van der Waals surface area contributed by atoms with Crippen molar-refractivity contribution in [2.45, 2.75) is 31.7 Å². The van der Waals surface area contributed by atoms with E-state index < -0.39 is 16.1 Å². The first-order chi connectivity index (χ1) is 13.9. The second-order valence-electron chi connectivity index (χ2n) is 6.62. The SMILES string of the molecule is CCNC(=NCc1cccc(CS(=O)(=O)NC)c1)NCCC(O)c1ccccc1. The Morgan fingerprint density at radius 2 is 1.79 bits per heavy atom. The van der Waals surface area contributed by atoms with E-state index in [0.717, 1.165) is 16.7 Å². The van der Waals surface area contributed by atoms with Crippen molar-refractivity contribution in [2.75, 3.05) is 20.1 Å². The third-order valence-corrected chi connectivity index (χ3v) is 5.65. The zero-order valence-electron chi connectivity index (χ0n) is 16.9. The summed E-state index contributed by atoms with van der Waals surface area (Å²) in [6, 6.07) is 17.0. The Balaban J connectivity index is 1.93. The quantitative estimate of drug-likeness (QED) is 0.349. The van der Waals surface area contributed by atoms with Gasteiger partial charge in [-0.05, 0) is 37.1 Å². The molecular formula is C21H30N4O3S. The molecule has 1 atom stereocenters. The Labute approximate surface area is 173 Å². The van der Waals surface area contributed by atoms with Gasteiger partial charge < -0.3 is 15.7 Å². The summed E-state index contributed by atoms with van der Waals surface area (Å²) in [6.45, 7) is 3.69. The van der Waals surface area contributed by atoms with E-state index in [1.807, 2.05) is 55.5 Å². The molecule has 158 valence electrons. The van der Waals surface area contributed by atoms with Crippen LogP contribution in [0.15, 0.2) is 59.6 Å². The summed E-state index contributed by atoms with van der Waals surface area (Å²) < 4.78 is 25.8. The Kier molecular flexibility index (Phi) is 9.11. The molecule has 8 heteroatoms. The predicted octanol–water partition coefficient (Wildman–Crippen LogP) is 1.91. The molecule has 0 bridgehead atoms. The number of aliphatic hydroxyl groups is 1. The highest BCUT2D eigenvalue weighted by Crippen LogP contribution is 2.15. The highest BCUT2D eigenvalue weighted by Gasteiger charge is 2.09. The highest BCUT2D eigenvalue weighted by atomic mass is 32.2. The number of hydrogen-bond donors (Lipinski definition) is 4. The Bertz CT molecular complexity index is 886. The summed E-state index contributed by atoms with van der Waals surface area (Å²) in [6.07, 6.45) is 0.0311. The number of sulfonamides is 1. The molecule has 2 aromatic carbocycles. The Hall–Kier alpha value is -2.42.